The molecule has 1 aromatic heterocycles. The first-order valence-electron chi connectivity index (χ1n) is 10.8. The van der Waals surface area contributed by atoms with Crippen LogP contribution in [0.25, 0.3) is 5.69 Å². The van der Waals surface area contributed by atoms with Crippen molar-refractivity contribution in [3.05, 3.63) is 101 Å². The van der Waals surface area contributed by atoms with Crippen LogP contribution in [0.5, 0.6) is 0 Å². The van der Waals surface area contributed by atoms with Crippen molar-refractivity contribution in [2.45, 2.75) is 25.5 Å². The van der Waals surface area contributed by atoms with E-state index in [0.29, 0.717) is 16.5 Å². The minimum absolute atomic E-state index is 0.125. The van der Waals surface area contributed by atoms with E-state index >= 15 is 0 Å². The van der Waals surface area contributed by atoms with Gasteiger partial charge in [0.25, 0.3) is 5.91 Å². The van der Waals surface area contributed by atoms with Crippen molar-refractivity contribution in [1.29, 1.82) is 0 Å². The Morgan fingerprint density at radius 2 is 1.62 bits per heavy atom. The number of rotatable bonds is 8. The number of aromatic nitrogens is 3. The smallest absolute Gasteiger partial charge is 0.251 e. The van der Waals surface area contributed by atoms with E-state index in [0.717, 1.165) is 22.5 Å². The number of thioether (sulfide) groups is 1. The number of benzene rings is 3. The average molecular weight is 472 g/mol. The van der Waals surface area contributed by atoms with E-state index in [2.05, 4.69) is 20.8 Å². The minimum Gasteiger partial charge on any atom is -0.345 e. The number of amides is 2. The van der Waals surface area contributed by atoms with Gasteiger partial charge < -0.3 is 10.6 Å². The van der Waals surface area contributed by atoms with Crippen molar-refractivity contribution in [3.8, 4) is 5.69 Å². The highest BCUT2D eigenvalue weighted by Crippen LogP contribution is 2.23. The van der Waals surface area contributed by atoms with Crippen molar-refractivity contribution >= 4 is 29.3 Å². The van der Waals surface area contributed by atoms with Crippen molar-refractivity contribution < 1.29 is 9.59 Å². The molecule has 8 heteroatoms. The lowest BCUT2D eigenvalue weighted by molar-refractivity contribution is -0.113. The van der Waals surface area contributed by atoms with Gasteiger partial charge >= 0.3 is 0 Å². The van der Waals surface area contributed by atoms with Crippen LogP contribution >= 0.6 is 11.8 Å². The third-order valence-electron chi connectivity index (χ3n) is 5.16. The zero-order valence-corrected chi connectivity index (χ0v) is 19.8. The molecule has 0 spiro atoms. The minimum atomic E-state index is -0.190. The molecule has 0 atom stereocenters. The summed E-state index contributed by atoms with van der Waals surface area (Å²) in [5.74, 6) is 0.438. The van der Waals surface area contributed by atoms with Gasteiger partial charge in [0.1, 0.15) is 0 Å². The summed E-state index contributed by atoms with van der Waals surface area (Å²) in [6.07, 6.45) is 0. The fourth-order valence-corrected chi connectivity index (χ4v) is 4.15. The molecule has 4 rings (SSSR count). The number of hydrogen-bond donors (Lipinski definition) is 2. The van der Waals surface area contributed by atoms with Gasteiger partial charge in [-0.1, -0.05) is 60.3 Å². The summed E-state index contributed by atoms with van der Waals surface area (Å²) in [6, 6.07) is 24.6. The molecule has 0 radical (unpaired) electrons. The standard InChI is InChI=1S/C26H25N5O2S/c1-18-13-14-19(2)22(15-18)28-24(32)17-34-26-30-29-23(31(26)21-11-7-4-8-12-21)16-27-25(33)20-9-5-3-6-10-20/h3-15H,16-17H2,1-2H3,(H,27,33)(H,28,32). The number of hydrogen-bond acceptors (Lipinski definition) is 5. The highest BCUT2D eigenvalue weighted by molar-refractivity contribution is 7.99. The molecule has 2 amide bonds. The lowest BCUT2D eigenvalue weighted by Crippen LogP contribution is -2.24. The van der Waals surface area contributed by atoms with Crippen LogP contribution in [0.3, 0.4) is 0 Å². The number of nitrogens with one attached hydrogen (secondary N) is 2. The first kappa shape index (κ1) is 23.3. The summed E-state index contributed by atoms with van der Waals surface area (Å²) in [5, 5.41) is 15.0. The third kappa shape index (κ3) is 5.71. The number of anilines is 1. The Bertz CT molecular complexity index is 1290. The van der Waals surface area contributed by atoms with E-state index in [1.54, 1.807) is 12.1 Å². The Kier molecular flexibility index (Phi) is 7.39. The average Bonchev–Trinajstić information content (AvgIpc) is 3.27. The molecule has 0 saturated carbocycles. The zero-order chi connectivity index (χ0) is 23.9. The van der Waals surface area contributed by atoms with Crippen LogP contribution in [0.15, 0.2) is 84.0 Å². The number of carbonyl (C=O) groups is 2. The van der Waals surface area contributed by atoms with Gasteiger partial charge in [0.15, 0.2) is 11.0 Å². The Hall–Kier alpha value is -3.91. The van der Waals surface area contributed by atoms with Crippen LogP contribution in [0.2, 0.25) is 0 Å². The second-order valence-electron chi connectivity index (χ2n) is 7.77. The van der Waals surface area contributed by atoms with Gasteiger partial charge in [-0.2, -0.15) is 0 Å². The summed E-state index contributed by atoms with van der Waals surface area (Å²) < 4.78 is 1.86. The largest absolute Gasteiger partial charge is 0.345 e. The Morgan fingerprint density at radius 3 is 2.35 bits per heavy atom. The van der Waals surface area contributed by atoms with Crippen molar-refractivity contribution in [2.75, 3.05) is 11.1 Å². The van der Waals surface area contributed by atoms with E-state index in [-0.39, 0.29) is 24.1 Å². The van der Waals surface area contributed by atoms with Gasteiger partial charge in [0, 0.05) is 16.9 Å². The Labute approximate surface area is 202 Å². The SMILES string of the molecule is Cc1ccc(C)c(NC(=O)CSc2nnc(CNC(=O)c3ccccc3)n2-c2ccccc2)c1. The molecule has 2 N–H and O–H groups in total. The second kappa shape index (κ2) is 10.8. The molecular weight excluding hydrogens is 446 g/mol. The maximum atomic E-state index is 12.6. The van der Waals surface area contributed by atoms with Gasteiger partial charge in [0.05, 0.1) is 12.3 Å². The molecular formula is C26H25N5O2S. The first-order chi connectivity index (χ1) is 16.5. The Morgan fingerprint density at radius 1 is 0.912 bits per heavy atom. The summed E-state index contributed by atoms with van der Waals surface area (Å²) in [4.78, 5) is 25.1. The van der Waals surface area contributed by atoms with E-state index in [1.165, 1.54) is 11.8 Å². The molecule has 34 heavy (non-hydrogen) atoms. The van der Waals surface area contributed by atoms with Gasteiger partial charge in [-0.3, -0.25) is 14.2 Å². The van der Waals surface area contributed by atoms with Gasteiger partial charge in [0.2, 0.25) is 5.91 Å². The molecule has 0 saturated heterocycles. The predicted molar refractivity (Wildman–Crippen MR) is 134 cm³/mol. The van der Waals surface area contributed by atoms with Crippen molar-refractivity contribution in [2.24, 2.45) is 0 Å². The normalized spacial score (nSPS) is 10.6. The molecule has 0 aliphatic rings. The zero-order valence-electron chi connectivity index (χ0n) is 19.0. The fourth-order valence-electron chi connectivity index (χ4n) is 3.38. The van der Waals surface area contributed by atoms with Crippen LogP contribution < -0.4 is 10.6 Å². The second-order valence-corrected chi connectivity index (χ2v) is 8.72. The van der Waals surface area contributed by atoms with E-state index in [4.69, 9.17) is 0 Å². The van der Waals surface area contributed by atoms with E-state index in [9.17, 15) is 9.59 Å². The maximum absolute atomic E-state index is 12.6. The lowest BCUT2D eigenvalue weighted by Gasteiger charge is -2.12. The molecule has 0 unspecified atom stereocenters. The van der Waals surface area contributed by atoms with Gasteiger partial charge in [-0.25, -0.2) is 0 Å². The molecule has 0 aliphatic heterocycles. The van der Waals surface area contributed by atoms with E-state index < -0.39 is 0 Å². The van der Waals surface area contributed by atoms with Crippen molar-refractivity contribution in [3.63, 3.8) is 0 Å². The molecule has 3 aromatic carbocycles. The molecule has 0 bridgehead atoms. The maximum Gasteiger partial charge on any atom is 0.251 e. The number of para-hydroxylation sites is 1. The topological polar surface area (TPSA) is 88.9 Å². The molecule has 4 aromatic rings. The van der Waals surface area contributed by atoms with Crippen LogP contribution in [0.1, 0.15) is 27.3 Å². The van der Waals surface area contributed by atoms with Crippen LogP contribution in [-0.2, 0) is 11.3 Å². The number of carbonyl (C=O) groups excluding carboxylic acids is 2. The summed E-state index contributed by atoms with van der Waals surface area (Å²) >= 11 is 1.30. The van der Waals surface area contributed by atoms with Gasteiger partial charge in [-0.15, -0.1) is 10.2 Å². The first-order valence-corrected chi connectivity index (χ1v) is 11.8. The number of nitrogens with zero attached hydrogens (tertiary/aromatic N) is 3. The summed E-state index contributed by atoms with van der Waals surface area (Å²) in [6.45, 7) is 4.15. The van der Waals surface area contributed by atoms with E-state index in [1.807, 2.05) is 85.1 Å². The molecule has 7 nitrogen and oxygen atoms in total. The van der Waals surface area contributed by atoms with Crippen molar-refractivity contribution in [1.82, 2.24) is 20.1 Å². The fraction of sp³-hybridized carbons (Fsp3) is 0.154. The van der Waals surface area contributed by atoms with Gasteiger partial charge in [-0.05, 0) is 55.3 Å². The van der Waals surface area contributed by atoms with Crippen LogP contribution in [0.4, 0.5) is 5.69 Å². The van der Waals surface area contributed by atoms with Crippen LogP contribution in [-0.4, -0.2) is 32.3 Å². The summed E-state index contributed by atoms with van der Waals surface area (Å²) in [7, 11) is 0. The lowest BCUT2D eigenvalue weighted by atomic mass is 10.1. The predicted octanol–water partition coefficient (Wildman–Crippen LogP) is 4.54. The summed E-state index contributed by atoms with van der Waals surface area (Å²) in [5.41, 5.74) is 4.33. The highest BCUT2D eigenvalue weighted by Gasteiger charge is 2.17. The van der Waals surface area contributed by atoms with Crippen LogP contribution in [0, 0.1) is 13.8 Å². The highest BCUT2D eigenvalue weighted by atomic mass is 32.2. The monoisotopic (exact) mass is 471 g/mol. The Balaban J connectivity index is 1.48. The molecule has 1 heterocycles. The molecule has 0 fully saturated rings. The molecule has 0 aliphatic carbocycles. The molecule has 172 valence electrons. The number of aryl methyl sites for hydroxylation is 2. The third-order valence-corrected chi connectivity index (χ3v) is 6.09. The quantitative estimate of drug-likeness (QED) is 0.368.